The van der Waals surface area contributed by atoms with Crippen LogP contribution in [0.3, 0.4) is 0 Å². The van der Waals surface area contributed by atoms with E-state index in [2.05, 4.69) is 6.92 Å². The normalized spacial score (nSPS) is 38.9. The number of hydrogen-bond acceptors (Lipinski definition) is 8. The third kappa shape index (κ3) is 3.92. The number of hydrogen-bond donors (Lipinski definition) is 2. The molecule has 0 aromatic heterocycles. The van der Waals surface area contributed by atoms with E-state index in [1.54, 1.807) is 6.08 Å². The van der Waals surface area contributed by atoms with Crippen LogP contribution in [0.4, 0.5) is 4.79 Å². The van der Waals surface area contributed by atoms with Gasteiger partial charge in [0.1, 0.15) is 11.4 Å². The Morgan fingerprint density at radius 3 is 2.62 bits per heavy atom. The zero-order chi connectivity index (χ0) is 24.7. The molecule has 188 valence electrons. The molecule has 0 amide bonds. The third-order valence-electron chi connectivity index (χ3n) is 9.41. The summed E-state index contributed by atoms with van der Waals surface area (Å²) < 4.78 is 9.93. The second-order valence-electron chi connectivity index (χ2n) is 11.1. The maximum absolute atomic E-state index is 13.6. The number of aliphatic hydroxyl groups is 1. The Balaban J connectivity index is 1.48. The minimum Gasteiger partial charge on any atom is -0.434 e. The van der Waals surface area contributed by atoms with Crippen molar-refractivity contribution in [2.45, 2.75) is 77.2 Å². The predicted molar refractivity (Wildman–Crippen MR) is 123 cm³/mol. The summed E-state index contributed by atoms with van der Waals surface area (Å²) >= 11 is 0. The Morgan fingerprint density at radius 2 is 1.88 bits per heavy atom. The van der Waals surface area contributed by atoms with Crippen molar-refractivity contribution in [2.24, 2.45) is 34.3 Å². The third-order valence-corrected chi connectivity index (χ3v) is 9.41. The monoisotopic (exact) mass is 475 g/mol. The molecule has 8 nitrogen and oxygen atoms in total. The van der Waals surface area contributed by atoms with Gasteiger partial charge in [0, 0.05) is 24.2 Å². The van der Waals surface area contributed by atoms with Crippen LogP contribution in [-0.2, 0) is 23.9 Å². The van der Waals surface area contributed by atoms with Crippen molar-refractivity contribution < 1.29 is 33.8 Å². The second kappa shape index (κ2) is 9.19. The van der Waals surface area contributed by atoms with Gasteiger partial charge in [0.25, 0.3) is 0 Å². The smallest absolute Gasteiger partial charge is 0.434 e. The van der Waals surface area contributed by atoms with E-state index >= 15 is 0 Å². The number of fused-ring (bicyclic) bond motifs is 5. The molecule has 0 saturated heterocycles. The zero-order valence-electron chi connectivity index (χ0n) is 20.3. The van der Waals surface area contributed by atoms with E-state index in [0.717, 1.165) is 18.4 Å². The summed E-state index contributed by atoms with van der Waals surface area (Å²) in [6.45, 7) is 4.04. The number of ether oxygens (including phenoxy) is 2. The van der Waals surface area contributed by atoms with Crippen LogP contribution in [0.25, 0.3) is 0 Å². The van der Waals surface area contributed by atoms with Gasteiger partial charge in [-0.3, -0.25) is 14.4 Å². The molecule has 0 spiro atoms. The van der Waals surface area contributed by atoms with Crippen molar-refractivity contribution in [3.63, 3.8) is 0 Å². The van der Waals surface area contributed by atoms with E-state index in [4.69, 9.17) is 15.2 Å². The number of carbonyl (C=O) groups is 4. The lowest BCUT2D eigenvalue weighted by Crippen LogP contribution is -2.61. The van der Waals surface area contributed by atoms with E-state index in [-0.39, 0.29) is 54.2 Å². The average molecular weight is 476 g/mol. The van der Waals surface area contributed by atoms with Crippen LogP contribution in [0, 0.1) is 28.6 Å². The highest BCUT2D eigenvalue weighted by Gasteiger charge is 2.68. The Kier molecular flexibility index (Phi) is 6.77. The first-order chi connectivity index (χ1) is 16.1. The van der Waals surface area contributed by atoms with Crippen LogP contribution in [-0.4, -0.2) is 54.0 Å². The summed E-state index contributed by atoms with van der Waals surface area (Å²) in [4.78, 5) is 50.6. The van der Waals surface area contributed by atoms with Gasteiger partial charge in [-0.1, -0.05) is 19.4 Å². The Bertz CT molecular complexity index is 913. The molecule has 3 saturated carbocycles. The van der Waals surface area contributed by atoms with Gasteiger partial charge in [0.15, 0.2) is 12.4 Å². The number of rotatable bonds is 7. The Morgan fingerprint density at radius 1 is 1.12 bits per heavy atom. The van der Waals surface area contributed by atoms with E-state index in [1.165, 1.54) is 0 Å². The lowest BCUT2D eigenvalue weighted by Gasteiger charge is -2.57. The highest BCUT2D eigenvalue weighted by molar-refractivity contribution is 5.95. The molecule has 4 aliphatic carbocycles. The van der Waals surface area contributed by atoms with Gasteiger partial charge in [-0.05, 0) is 74.8 Å². The molecule has 0 unspecified atom stereocenters. The second-order valence-corrected chi connectivity index (χ2v) is 11.1. The Labute approximate surface area is 200 Å². The average Bonchev–Trinajstić information content (AvgIpc) is 3.06. The first-order valence-corrected chi connectivity index (χ1v) is 12.6. The number of unbranched alkanes of at least 4 members (excludes halogenated alkanes) is 1. The molecule has 4 aliphatic rings. The van der Waals surface area contributed by atoms with E-state index in [1.807, 2.05) is 6.92 Å². The molecule has 0 aromatic rings. The summed E-state index contributed by atoms with van der Waals surface area (Å²) in [5.41, 5.74) is 3.54. The molecule has 0 radical (unpaired) electrons. The van der Waals surface area contributed by atoms with Crippen LogP contribution < -0.4 is 5.73 Å². The van der Waals surface area contributed by atoms with Crippen molar-refractivity contribution in [2.75, 3.05) is 19.8 Å². The minimum absolute atomic E-state index is 0.0170. The SMILES string of the molecule is C[C@]12CCC(=O)C=C1CC[C@@H]1[C@@H]2C(=O)C[C@@]2(C)[C@H]1CC[C@]2(O)C(=O)COC(=O)OCCCCN. The van der Waals surface area contributed by atoms with E-state index in [9.17, 15) is 24.3 Å². The quantitative estimate of drug-likeness (QED) is 0.424. The van der Waals surface area contributed by atoms with Crippen LogP contribution in [0.2, 0.25) is 0 Å². The van der Waals surface area contributed by atoms with Gasteiger partial charge >= 0.3 is 6.16 Å². The lowest BCUT2D eigenvalue weighted by molar-refractivity contribution is -0.170. The molecule has 0 heterocycles. The van der Waals surface area contributed by atoms with Crippen molar-refractivity contribution in [3.05, 3.63) is 11.6 Å². The molecule has 34 heavy (non-hydrogen) atoms. The fraction of sp³-hybridized carbons (Fsp3) is 0.769. The largest absolute Gasteiger partial charge is 0.508 e. The number of nitrogens with two attached hydrogens (primary N) is 1. The fourth-order valence-electron chi connectivity index (χ4n) is 7.53. The van der Waals surface area contributed by atoms with Gasteiger partial charge in [0.05, 0.1) is 6.61 Å². The van der Waals surface area contributed by atoms with E-state index in [0.29, 0.717) is 38.6 Å². The summed E-state index contributed by atoms with van der Waals surface area (Å²) in [7, 11) is 0. The van der Waals surface area contributed by atoms with Gasteiger partial charge < -0.3 is 20.3 Å². The van der Waals surface area contributed by atoms with E-state index < -0.39 is 29.6 Å². The number of carbonyl (C=O) groups excluding carboxylic acids is 4. The van der Waals surface area contributed by atoms with Crippen LogP contribution in [0.5, 0.6) is 0 Å². The predicted octanol–water partition coefficient (Wildman–Crippen LogP) is 2.89. The van der Waals surface area contributed by atoms with Crippen LogP contribution in [0.1, 0.15) is 71.6 Å². The molecule has 0 aromatic carbocycles. The minimum atomic E-state index is -1.72. The molecule has 0 aliphatic heterocycles. The maximum atomic E-state index is 13.6. The first-order valence-electron chi connectivity index (χ1n) is 12.6. The highest BCUT2D eigenvalue weighted by atomic mass is 16.7. The molecule has 4 rings (SSSR count). The summed E-state index contributed by atoms with van der Waals surface area (Å²) in [6.07, 6.45) is 5.82. The van der Waals surface area contributed by atoms with Crippen molar-refractivity contribution in [1.82, 2.24) is 0 Å². The molecule has 6 atom stereocenters. The molecule has 3 fully saturated rings. The number of allylic oxidation sites excluding steroid dienone is 1. The summed E-state index contributed by atoms with van der Waals surface area (Å²) in [5, 5.41) is 11.6. The van der Waals surface area contributed by atoms with Crippen molar-refractivity contribution in [1.29, 1.82) is 0 Å². The van der Waals surface area contributed by atoms with Gasteiger partial charge in [-0.15, -0.1) is 0 Å². The first kappa shape index (κ1) is 25.0. The van der Waals surface area contributed by atoms with Crippen molar-refractivity contribution >= 4 is 23.5 Å². The van der Waals surface area contributed by atoms with Gasteiger partial charge in [-0.2, -0.15) is 0 Å². The Hall–Kier alpha value is -2.06. The van der Waals surface area contributed by atoms with Crippen molar-refractivity contribution in [3.8, 4) is 0 Å². The molecule has 8 heteroatoms. The van der Waals surface area contributed by atoms with Crippen LogP contribution >= 0.6 is 0 Å². The topological polar surface area (TPSA) is 133 Å². The summed E-state index contributed by atoms with van der Waals surface area (Å²) in [6, 6.07) is 0. The highest BCUT2D eigenvalue weighted by Crippen LogP contribution is 2.66. The standard InChI is InChI=1S/C26H37NO7/c1-24-9-7-17(28)13-16(24)5-6-18-19-8-10-26(32,25(19,2)14-20(29)22(18)24)21(30)15-34-23(31)33-12-4-3-11-27/h13,18-19,22,32H,3-12,14-15,27H2,1-2H3/t18-,19-,22+,24-,25-,26-/m0/s1. The lowest BCUT2D eigenvalue weighted by atomic mass is 9.46. The zero-order valence-corrected chi connectivity index (χ0v) is 20.3. The number of Topliss-reactive ketones (excluding diaryl/α,β-unsaturated/α-hetero) is 2. The number of ketones is 3. The molecular formula is C26H37NO7. The molecule has 3 N–H and O–H groups in total. The molecular weight excluding hydrogens is 438 g/mol. The van der Waals surface area contributed by atoms with Crippen LogP contribution in [0.15, 0.2) is 11.6 Å². The fourth-order valence-corrected chi connectivity index (χ4v) is 7.53. The van der Waals surface area contributed by atoms with Gasteiger partial charge in [-0.25, -0.2) is 4.79 Å². The summed E-state index contributed by atoms with van der Waals surface area (Å²) in [5.74, 6) is -0.470. The van der Waals surface area contributed by atoms with Gasteiger partial charge in [0.2, 0.25) is 5.78 Å². The maximum Gasteiger partial charge on any atom is 0.508 e. The molecule has 0 bridgehead atoms.